The first-order valence-electron chi connectivity index (χ1n) is 8.71. The lowest BCUT2D eigenvalue weighted by Gasteiger charge is -2.14. The molecule has 21 heavy (non-hydrogen) atoms. The number of rotatable bonds is 15. The summed E-state index contributed by atoms with van der Waals surface area (Å²) in [7, 11) is -2.88. The van der Waals surface area contributed by atoms with Gasteiger partial charge in [-0.05, 0) is 26.7 Å². The Morgan fingerprint density at radius 1 is 0.762 bits per heavy atom. The van der Waals surface area contributed by atoms with E-state index < -0.39 is 7.60 Å². The summed E-state index contributed by atoms with van der Waals surface area (Å²) in [6, 6.07) is 0. The molecule has 0 rings (SSSR count). The number of unbranched alkanes of at least 4 members (excludes halogenated alkanes) is 8. The van der Waals surface area contributed by atoms with E-state index >= 15 is 0 Å². The van der Waals surface area contributed by atoms with E-state index in [0.29, 0.717) is 19.4 Å². The molecule has 0 aromatic heterocycles. The highest BCUT2D eigenvalue weighted by Gasteiger charge is 2.20. The number of hydrogen-bond donors (Lipinski definition) is 0. The largest absolute Gasteiger partial charge is 0.334 e. The van der Waals surface area contributed by atoms with Crippen molar-refractivity contribution in [1.29, 1.82) is 0 Å². The van der Waals surface area contributed by atoms with Gasteiger partial charge in [0.25, 0.3) is 0 Å². The van der Waals surface area contributed by atoms with Crippen molar-refractivity contribution >= 4 is 7.60 Å². The van der Waals surface area contributed by atoms with Crippen LogP contribution in [0, 0.1) is 0 Å². The van der Waals surface area contributed by atoms with Crippen molar-refractivity contribution in [3.8, 4) is 0 Å². The fourth-order valence-corrected chi connectivity index (χ4v) is 3.73. The molecule has 0 aliphatic heterocycles. The molecule has 126 valence electrons. The number of hydrogen-bond acceptors (Lipinski definition) is 3. The van der Waals surface area contributed by atoms with Crippen LogP contribution in [-0.2, 0) is 13.6 Å². The molecular formula is C17H35O3P. The lowest BCUT2D eigenvalue weighted by molar-refractivity contribution is 0.222. The van der Waals surface area contributed by atoms with E-state index in [-0.39, 0.29) is 0 Å². The van der Waals surface area contributed by atoms with Gasteiger partial charge >= 0.3 is 7.60 Å². The zero-order chi connectivity index (χ0) is 15.8. The second-order valence-electron chi connectivity index (χ2n) is 5.36. The lowest BCUT2D eigenvalue weighted by Crippen LogP contribution is -1.98. The highest BCUT2D eigenvalue weighted by molar-refractivity contribution is 7.54. The molecule has 0 saturated heterocycles. The average Bonchev–Trinajstić information content (AvgIpc) is 2.45. The predicted molar refractivity (Wildman–Crippen MR) is 92.1 cm³/mol. The minimum absolute atomic E-state index is 0.395. The predicted octanol–water partition coefficient (Wildman–Crippen LogP) is 6.34. The maximum atomic E-state index is 12.2. The van der Waals surface area contributed by atoms with Crippen molar-refractivity contribution in [2.24, 2.45) is 0 Å². The summed E-state index contributed by atoms with van der Waals surface area (Å²) < 4.78 is 22.7. The Balaban J connectivity index is 3.56. The molecule has 0 radical (unpaired) electrons. The van der Waals surface area contributed by atoms with Crippen LogP contribution in [0.5, 0.6) is 0 Å². The van der Waals surface area contributed by atoms with Crippen molar-refractivity contribution in [3.05, 3.63) is 12.2 Å². The zero-order valence-electron chi connectivity index (χ0n) is 14.3. The molecule has 0 aliphatic rings. The monoisotopic (exact) mass is 318 g/mol. The fraction of sp³-hybridized carbons (Fsp3) is 0.882. The summed E-state index contributed by atoms with van der Waals surface area (Å²) in [6.45, 7) is 6.81. The molecule has 0 N–H and O–H groups in total. The summed E-state index contributed by atoms with van der Waals surface area (Å²) in [5.74, 6) is 0. The Kier molecular flexibility index (Phi) is 14.7. The summed E-state index contributed by atoms with van der Waals surface area (Å²) in [6.07, 6.45) is 16.2. The highest BCUT2D eigenvalue weighted by Crippen LogP contribution is 2.47. The molecule has 0 aromatic carbocycles. The van der Waals surface area contributed by atoms with E-state index in [4.69, 9.17) is 9.05 Å². The maximum absolute atomic E-state index is 12.2. The van der Waals surface area contributed by atoms with Crippen molar-refractivity contribution in [2.75, 3.05) is 19.4 Å². The van der Waals surface area contributed by atoms with Crippen molar-refractivity contribution in [3.63, 3.8) is 0 Å². The Morgan fingerprint density at radius 2 is 1.29 bits per heavy atom. The highest BCUT2D eigenvalue weighted by atomic mass is 31.2. The minimum Gasteiger partial charge on any atom is -0.309 e. The summed E-state index contributed by atoms with van der Waals surface area (Å²) in [4.78, 5) is 0. The van der Waals surface area contributed by atoms with Crippen LogP contribution in [-0.4, -0.2) is 19.4 Å². The van der Waals surface area contributed by atoms with Gasteiger partial charge in [0.2, 0.25) is 0 Å². The summed E-state index contributed by atoms with van der Waals surface area (Å²) in [5, 5.41) is 0. The van der Waals surface area contributed by atoms with E-state index in [9.17, 15) is 4.57 Å². The lowest BCUT2D eigenvalue weighted by atomic mass is 10.1. The quantitative estimate of drug-likeness (QED) is 0.201. The normalized spacial score (nSPS) is 12.3. The van der Waals surface area contributed by atoms with Crippen LogP contribution in [0.25, 0.3) is 0 Å². The molecule has 0 saturated carbocycles. The van der Waals surface area contributed by atoms with Crippen LogP contribution in [0.4, 0.5) is 0 Å². The molecule has 0 heterocycles. The van der Waals surface area contributed by atoms with E-state index in [2.05, 4.69) is 13.0 Å². The van der Waals surface area contributed by atoms with Gasteiger partial charge in [-0.1, -0.05) is 64.0 Å². The van der Waals surface area contributed by atoms with E-state index in [1.807, 2.05) is 19.9 Å². The van der Waals surface area contributed by atoms with Crippen LogP contribution in [0.1, 0.15) is 78.6 Å². The molecule has 0 atom stereocenters. The Bertz CT molecular complexity index is 280. The third kappa shape index (κ3) is 13.3. The SMILES string of the molecule is CCCCCCCCCC/C=C/CP(=O)(OCC)OCC. The first-order valence-corrected chi connectivity index (χ1v) is 10.4. The third-order valence-electron chi connectivity index (χ3n) is 3.37. The van der Waals surface area contributed by atoms with Gasteiger partial charge in [0.05, 0.1) is 19.4 Å². The Morgan fingerprint density at radius 3 is 1.81 bits per heavy atom. The second kappa shape index (κ2) is 14.8. The van der Waals surface area contributed by atoms with Gasteiger partial charge in [-0.3, -0.25) is 4.57 Å². The van der Waals surface area contributed by atoms with Gasteiger partial charge < -0.3 is 9.05 Å². The average molecular weight is 318 g/mol. The Labute approximate surface area is 132 Å². The van der Waals surface area contributed by atoms with Gasteiger partial charge in [0.1, 0.15) is 0 Å². The van der Waals surface area contributed by atoms with Crippen LogP contribution < -0.4 is 0 Å². The van der Waals surface area contributed by atoms with Crippen molar-refractivity contribution < 1.29 is 13.6 Å². The molecule has 0 aliphatic carbocycles. The molecular weight excluding hydrogens is 283 g/mol. The fourth-order valence-electron chi connectivity index (χ4n) is 2.25. The van der Waals surface area contributed by atoms with Crippen LogP contribution >= 0.6 is 7.60 Å². The second-order valence-corrected chi connectivity index (χ2v) is 7.47. The first-order chi connectivity index (χ1) is 10.2. The molecule has 3 nitrogen and oxygen atoms in total. The standard InChI is InChI=1S/C17H35O3P/c1-4-7-8-9-10-11-12-13-14-15-16-17-21(18,19-5-2)20-6-3/h15-16H,4-14,17H2,1-3H3/b16-15+. The molecule has 0 fully saturated rings. The molecule has 0 spiro atoms. The third-order valence-corrected chi connectivity index (χ3v) is 5.33. The molecule has 0 aromatic rings. The first kappa shape index (κ1) is 20.9. The summed E-state index contributed by atoms with van der Waals surface area (Å²) >= 11 is 0. The van der Waals surface area contributed by atoms with Crippen molar-refractivity contribution in [1.82, 2.24) is 0 Å². The van der Waals surface area contributed by atoms with Gasteiger partial charge in [-0.15, -0.1) is 0 Å². The van der Waals surface area contributed by atoms with Gasteiger partial charge in [0.15, 0.2) is 0 Å². The maximum Gasteiger partial charge on any atom is 0.334 e. The Hall–Kier alpha value is -0.110. The van der Waals surface area contributed by atoms with Gasteiger partial charge in [-0.2, -0.15) is 0 Å². The number of allylic oxidation sites excluding steroid dienone is 2. The topological polar surface area (TPSA) is 35.5 Å². The van der Waals surface area contributed by atoms with Gasteiger partial charge in [0, 0.05) is 0 Å². The van der Waals surface area contributed by atoms with Crippen LogP contribution in [0.3, 0.4) is 0 Å². The molecule has 0 amide bonds. The molecule has 0 bridgehead atoms. The van der Waals surface area contributed by atoms with Gasteiger partial charge in [-0.25, -0.2) is 0 Å². The van der Waals surface area contributed by atoms with E-state index in [1.165, 1.54) is 51.4 Å². The molecule has 0 unspecified atom stereocenters. The smallest absolute Gasteiger partial charge is 0.309 e. The van der Waals surface area contributed by atoms with Crippen LogP contribution in [0.2, 0.25) is 0 Å². The van der Waals surface area contributed by atoms with Crippen molar-refractivity contribution in [2.45, 2.75) is 78.6 Å². The van der Waals surface area contributed by atoms with Crippen LogP contribution in [0.15, 0.2) is 12.2 Å². The van der Waals surface area contributed by atoms with E-state index in [0.717, 1.165) is 6.42 Å². The minimum atomic E-state index is -2.88. The summed E-state index contributed by atoms with van der Waals surface area (Å²) in [5.41, 5.74) is 0. The van der Waals surface area contributed by atoms with E-state index in [1.54, 1.807) is 0 Å². The zero-order valence-corrected chi connectivity index (χ0v) is 15.2. The molecule has 4 heteroatoms.